The summed E-state index contributed by atoms with van der Waals surface area (Å²) in [5.74, 6) is -0.976. The quantitative estimate of drug-likeness (QED) is 0.0261. The van der Waals surface area contributed by atoms with E-state index in [9.17, 15) is 14.4 Å². The zero-order valence-corrected chi connectivity index (χ0v) is 51.3. The van der Waals surface area contributed by atoms with E-state index in [0.717, 1.165) is 116 Å². The Morgan fingerprint density at radius 2 is 0.506 bits per heavy atom. The molecule has 0 aliphatic carbocycles. The Labute approximate surface area is 487 Å². The molecule has 0 amide bonds. The van der Waals surface area contributed by atoms with Gasteiger partial charge in [-0.15, -0.1) is 0 Å². The molecule has 0 aliphatic heterocycles. The molecule has 0 aromatic heterocycles. The predicted molar refractivity (Wildman–Crippen MR) is 343 cm³/mol. The van der Waals surface area contributed by atoms with Gasteiger partial charge in [0.05, 0.1) is 0 Å². The molecule has 79 heavy (non-hydrogen) atoms. The van der Waals surface area contributed by atoms with Crippen LogP contribution in [0.3, 0.4) is 0 Å². The van der Waals surface area contributed by atoms with Crippen LogP contribution in [-0.4, -0.2) is 37.2 Å². The lowest BCUT2D eigenvalue weighted by Crippen LogP contribution is -2.30. The molecule has 0 aliphatic rings. The summed E-state index contributed by atoms with van der Waals surface area (Å²) in [4.78, 5) is 38.3. The van der Waals surface area contributed by atoms with Gasteiger partial charge in [0.1, 0.15) is 13.2 Å². The molecule has 0 aromatic rings. The van der Waals surface area contributed by atoms with Crippen LogP contribution in [0.1, 0.15) is 290 Å². The highest BCUT2D eigenvalue weighted by molar-refractivity contribution is 5.71. The summed E-state index contributed by atoms with van der Waals surface area (Å²) in [5, 5.41) is 0. The highest BCUT2D eigenvalue weighted by Gasteiger charge is 2.19. The van der Waals surface area contributed by atoms with Crippen molar-refractivity contribution < 1.29 is 28.6 Å². The van der Waals surface area contributed by atoms with Gasteiger partial charge in [-0.2, -0.15) is 0 Å². The molecule has 1 atom stereocenters. The molecule has 0 saturated heterocycles. The van der Waals surface area contributed by atoms with Gasteiger partial charge in [-0.3, -0.25) is 14.4 Å². The molecule has 448 valence electrons. The van der Waals surface area contributed by atoms with E-state index < -0.39 is 6.10 Å². The molecular formula is C73H120O6. The molecule has 0 saturated carbocycles. The van der Waals surface area contributed by atoms with Gasteiger partial charge in [-0.05, 0) is 128 Å². The van der Waals surface area contributed by atoms with E-state index in [0.29, 0.717) is 19.3 Å². The van der Waals surface area contributed by atoms with Gasteiger partial charge in [-0.25, -0.2) is 0 Å². The van der Waals surface area contributed by atoms with Gasteiger partial charge in [0.15, 0.2) is 6.10 Å². The Hall–Kier alpha value is -4.45. The largest absolute Gasteiger partial charge is 0.462 e. The SMILES string of the molecule is CC/C=C\C/C=C\C/C=C\C/C=C\C/C=C\CCCC(=O)OC(COC(=O)CCCCCCCCC/C=C\C/C=C\C/C=C\CC)COC(=O)CCCCCCCCCCCCCC/C=C\C/C=C\C/C=C\CCCCCCC. The molecule has 6 heteroatoms. The lowest BCUT2D eigenvalue weighted by molar-refractivity contribution is -0.167. The Kier molecular flexibility index (Phi) is 62.3. The molecule has 0 fully saturated rings. The third-order valence-electron chi connectivity index (χ3n) is 13.6. The number of ether oxygens (including phenoxy) is 3. The first kappa shape index (κ1) is 74.5. The second-order valence-electron chi connectivity index (χ2n) is 21.3. The van der Waals surface area contributed by atoms with Crippen molar-refractivity contribution >= 4 is 17.9 Å². The fourth-order valence-electron chi connectivity index (χ4n) is 8.79. The first-order valence-corrected chi connectivity index (χ1v) is 32.7. The van der Waals surface area contributed by atoms with E-state index in [1.165, 1.54) is 128 Å². The Morgan fingerprint density at radius 3 is 0.810 bits per heavy atom. The van der Waals surface area contributed by atoms with E-state index in [4.69, 9.17) is 14.2 Å². The number of esters is 3. The number of carbonyl (C=O) groups excluding carboxylic acids is 3. The van der Waals surface area contributed by atoms with Crippen molar-refractivity contribution in [3.8, 4) is 0 Å². The maximum absolute atomic E-state index is 12.9. The monoisotopic (exact) mass is 1090 g/mol. The Morgan fingerprint density at radius 1 is 0.266 bits per heavy atom. The van der Waals surface area contributed by atoms with Crippen molar-refractivity contribution in [3.63, 3.8) is 0 Å². The van der Waals surface area contributed by atoms with Crippen LogP contribution < -0.4 is 0 Å². The van der Waals surface area contributed by atoms with Crippen LogP contribution in [0.5, 0.6) is 0 Å². The average Bonchev–Trinajstić information content (AvgIpc) is 3.45. The topological polar surface area (TPSA) is 78.9 Å². The minimum absolute atomic E-state index is 0.108. The first-order valence-electron chi connectivity index (χ1n) is 32.7. The molecule has 0 bridgehead atoms. The summed E-state index contributed by atoms with van der Waals surface area (Å²) >= 11 is 0. The maximum atomic E-state index is 12.9. The molecule has 0 heterocycles. The van der Waals surface area contributed by atoms with Gasteiger partial charge >= 0.3 is 17.9 Å². The molecule has 0 rings (SSSR count). The molecule has 0 radical (unpaired) electrons. The van der Waals surface area contributed by atoms with Crippen LogP contribution in [0, 0.1) is 0 Å². The minimum Gasteiger partial charge on any atom is -0.462 e. The normalized spacial score (nSPS) is 13.0. The van der Waals surface area contributed by atoms with Crippen LogP contribution in [0.4, 0.5) is 0 Å². The van der Waals surface area contributed by atoms with Crippen molar-refractivity contribution in [2.75, 3.05) is 13.2 Å². The highest BCUT2D eigenvalue weighted by atomic mass is 16.6. The van der Waals surface area contributed by atoms with Crippen LogP contribution in [-0.2, 0) is 28.6 Å². The molecule has 0 spiro atoms. The van der Waals surface area contributed by atoms with Crippen LogP contribution in [0.15, 0.2) is 134 Å². The summed E-state index contributed by atoms with van der Waals surface area (Å²) in [5.41, 5.74) is 0. The number of hydrogen-bond acceptors (Lipinski definition) is 6. The minimum atomic E-state index is -0.819. The molecular weight excluding hydrogens is 973 g/mol. The van der Waals surface area contributed by atoms with E-state index >= 15 is 0 Å². The highest BCUT2D eigenvalue weighted by Crippen LogP contribution is 2.15. The van der Waals surface area contributed by atoms with Crippen molar-refractivity contribution in [1.82, 2.24) is 0 Å². The van der Waals surface area contributed by atoms with Gasteiger partial charge in [0.2, 0.25) is 0 Å². The van der Waals surface area contributed by atoms with Crippen molar-refractivity contribution in [3.05, 3.63) is 134 Å². The van der Waals surface area contributed by atoms with Crippen LogP contribution in [0.2, 0.25) is 0 Å². The Bertz CT molecular complexity index is 1680. The van der Waals surface area contributed by atoms with Crippen LogP contribution >= 0.6 is 0 Å². The smallest absolute Gasteiger partial charge is 0.306 e. The number of carbonyl (C=O) groups is 3. The van der Waals surface area contributed by atoms with E-state index in [2.05, 4.69) is 154 Å². The first-order chi connectivity index (χ1) is 39.0. The van der Waals surface area contributed by atoms with Crippen molar-refractivity contribution in [2.45, 2.75) is 297 Å². The molecule has 0 aromatic carbocycles. The number of rotatable bonds is 58. The van der Waals surface area contributed by atoms with Gasteiger partial charge < -0.3 is 14.2 Å². The third-order valence-corrected chi connectivity index (χ3v) is 13.6. The second kappa shape index (κ2) is 66.1. The fourth-order valence-corrected chi connectivity index (χ4v) is 8.79. The van der Waals surface area contributed by atoms with Crippen molar-refractivity contribution in [2.24, 2.45) is 0 Å². The van der Waals surface area contributed by atoms with Gasteiger partial charge in [0, 0.05) is 19.3 Å². The number of unbranched alkanes of at least 4 members (excludes halogenated alkanes) is 25. The second-order valence-corrected chi connectivity index (χ2v) is 21.3. The van der Waals surface area contributed by atoms with E-state index in [1.807, 2.05) is 0 Å². The lowest BCUT2D eigenvalue weighted by atomic mass is 10.0. The number of hydrogen-bond donors (Lipinski definition) is 0. The summed E-state index contributed by atoms with van der Waals surface area (Å²) in [6.45, 7) is 6.36. The molecule has 1 unspecified atom stereocenters. The number of allylic oxidation sites excluding steroid dienone is 22. The van der Waals surface area contributed by atoms with Gasteiger partial charge in [-0.1, -0.05) is 276 Å². The van der Waals surface area contributed by atoms with Gasteiger partial charge in [0.25, 0.3) is 0 Å². The molecule has 0 N–H and O–H groups in total. The third kappa shape index (κ3) is 64.3. The summed E-state index contributed by atoms with van der Waals surface area (Å²) in [7, 11) is 0. The fraction of sp³-hybridized carbons (Fsp3) is 0.658. The van der Waals surface area contributed by atoms with Crippen molar-refractivity contribution in [1.29, 1.82) is 0 Å². The zero-order chi connectivity index (χ0) is 57.1. The summed E-state index contributed by atoms with van der Waals surface area (Å²) in [6.07, 6.45) is 93.2. The molecule has 6 nitrogen and oxygen atoms in total. The standard InChI is InChI=1S/C73H120O6/c1-4-7-10-13-16-19-22-25-28-31-32-33-34-35-36-37-38-39-40-43-45-48-51-54-57-60-63-66-72(75)78-69-70(79-73(76)67-64-61-58-55-52-49-46-42-30-27-24-21-18-15-12-9-6-3)68-77-71(74)65-62-59-56-53-50-47-44-41-29-26-23-20-17-14-11-8-5-2/h8-9,11-12,17-18,20-22,25-27,29-32,34-35,46,49,55,58,70H,4-7,10,13-16,19,23-24,28,33,36-45,47-48,50-54,56-57,59-69H2,1-3H3/b11-8-,12-9-,20-17-,21-18-,25-22-,29-26-,30-27-,32-31-,35-34-,49-46-,58-55-. The zero-order valence-electron chi connectivity index (χ0n) is 51.3. The van der Waals surface area contributed by atoms with E-state index in [-0.39, 0.29) is 37.5 Å². The predicted octanol–water partition coefficient (Wildman–Crippen LogP) is 22.5. The summed E-state index contributed by atoms with van der Waals surface area (Å²) < 4.78 is 16.9. The van der Waals surface area contributed by atoms with Crippen LogP contribution in [0.25, 0.3) is 0 Å². The lowest BCUT2D eigenvalue weighted by Gasteiger charge is -2.18. The Balaban J connectivity index is 4.40. The van der Waals surface area contributed by atoms with E-state index in [1.54, 1.807) is 0 Å². The average molecular weight is 1090 g/mol. The summed E-state index contributed by atoms with van der Waals surface area (Å²) in [6, 6.07) is 0. The maximum Gasteiger partial charge on any atom is 0.306 e.